The lowest BCUT2D eigenvalue weighted by atomic mass is 10.1. The van der Waals surface area contributed by atoms with Crippen LogP contribution in [0.3, 0.4) is 0 Å². The first kappa shape index (κ1) is 15.4. The molecule has 1 atom stereocenters. The third kappa shape index (κ3) is 3.02. The van der Waals surface area contributed by atoms with Crippen molar-refractivity contribution in [3.63, 3.8) is 0 Å². The lowest BCUT2D eigenvalue weighted by molar-refractivity contribution is -0.385. The van der Waals surface area contributed by atoms with E-state index in [1.54, 1.807) is 24.0 Å². The van der Waals surface area contributed by atoms with Crippen molar-refractivity contribution in [3.8, 4) is 0 Å². The van der Waals surface area contributed by atoms with Crippen LogP contribution < -0.4 is 5.73 Å². The smallest absolute Gasteiger partial charge is 0.285 e. The molecule has 6 nitrogen and oxygen atoms in total. The van der Waals surface area contributed by atoms with Crippen LogP contribution in [0.5, 0.6) is 0 Å². The molecule has 1 aliphatic rings. The van der Waals surface area contributed by atoms with E-state index in [9.17, 15) is 14.9 Å². The highest BCUT2D eigenvalue weighted by molar-refractivity contribution is 5.98. The van der Waals surface area contributed by atoms with Gasteiger partial charge in [-0.3, -0.25) is 14.9 Å². The van der Waals surface area contributed by atoms with E-state index in [2.05, 4.69) is 0 Å². The van der Waals surface area contributed by atoms with Crippen molar-refractivity contribution in [3.05, 3.63) is 39.4 Å². The lowest BCUT2D eigenvalue weighted by Gasteiger charge is -2.16. The molecular formula is C12H16ClN3O3. The van der Waals surface area contributed by atoms with Crippen LogP contribution in [-0.2, 0) is 0 Å². The number of rotatable bonds is 2. The number of nitro groups is 1. The maximum atomic E-state index is 12.2. The van der Waals surface area contributed by atoms with Gasteiger partial charge in [0.15, 0.2) is 0 Å². The molecule has 19 heavy (non-hydrogen) atoms. The molecule has 104 valence electrons. The van der Waals surface area contributed by atoms with Crippen molar-refractivity contribution in [2.75, 3.05) is 13.1 Å². The molecule has 0 bridgehead atoms. The van der Waals surface area contributed by atoms with Crippen molar-refractivity contribution in [1.29, 1.82) is 0 Å². The lowest BCUT2D eigenvalue weighted by Crippen LogP contribution is -2.32. The molecule has 1 unspecified atom stereocenters. The van der Waals surface area contributed by atoms with Crippen LogP contribution in [0, 0.1) is 17.0 Å². The number of amides is 1. The molecule has 2 rings (SSSR count). The summed E-state index contributed by atoms with van der Waals surface area (Å²) < 4.78 is 0. The zero-order chi connectivity index (χ0) is 13.3. The number of para-hydroxylation sites is 1. The number of likely N-dealkylation sites (tertiary alicyclic amines) is 1. The molecule has 1 saturated heterocycles. The fourth-order valence-electron chi connectivity index (χ4n) is 2.22. The van der Waals surface area contributed by atoms with Gasteiger partial charge >= 0.3 is 0 Å². The van der Waals surface area contributed by atoms with Gasteiger partial charge in [-0.25, -0.2) is 0 Å². The summed E-state index contributed by atoms with van der Waals surface area (Å²) >= 11 is 0. The predicted molar refractivity (Wildman–Crippen MR) is 73.6 cm³/mol. The van der Waals surface area contributed by atoms with Gasteiger partial charge in [0.2, 0.25) is 0 Å². The highest BCUT2D eigenvalue weighted by atomic mass is 35.5. The van der Waals surface area contributed by atoms with E-state index in [0.717, 1.165) is 6.42 Å². The quantitative estimate of drug-likeness (QED) is 0.658. The first-order valence-electron chi connectivity index (χ1n) is 5.79. The van der Waals surface area contributed by atoms with Gasteiger partial charge in [-0.15, -0.1) is 12.4 Å². The highest BCUT2D eigenvalue weighted by Gasteiger charge is 2.29. The zero-order valence-electron chi connectivity index (χ0n) is 10.5. The second-order valence-electron chi connectivity index (χ2n) is 4.53. The number of carbonyl (C=O) groups is 1. The average molecular weight is 286 g/mol. The van der Waals surface area contributed by atoms with Gasteiger partial charge in [0.1, 0.15) is 5.56 Å². The summed E-state index contributed by atoms with van der Waals surface area (Å²) in [6.07, 6.45) is 0.741. The van der Waals surface area contributed by atoms with E-state index in [1.807, 2.05) is 0 Å². The predicted octanol–water partition coefficient (Wildman–Crippen LogP) is 1.50. The van der Waals surface area contributed by atoms with E-state index in [4.69, 9.17) is 5.73 Å². The zero-order valence-corrected chi connectivity index (χ0v) is 11.4. The first-order valence-corrected chi connectivity index (χ1v) is 5.79. The molecule has 1 aromatic rings. The molecule has 1 amide bonds. The van der Waals surface area contributed by atoms with Crippen LogP contribution in [0.4, 0.5) is 5.69 Å². The van der Waals surface area contributed by atoms with E-state index in [-0.39, 0.29) is 35.6 Å². The molecule has 7 heteroatoms. The summed E-state index contributed by atoms with van der Waals surface area (Å²) in [5.41, 5.74) is 6.27. The third-order valence-electron chi connectivity index (χ3n) is 3.16. The molecule has 2 N–H and O–H groups in total. The average Bonchev–Trinajstić information content (AvgIpc) is 2.74. The number of benzene rings is 1. The van der Waals surface area contributed by atoms with Gasteiger partial charge in [-0.1, -0.05) is 12.1 Å². The van der Waals surface area contributed by atoms with Gasteiger partial charge in [0, 0.05) is 24.7 Å². The van der Waals surface area contributed by atoms with Crippen LogP contribution in [0.15, 0.2) is 18.2 Å². The van der Waals surface area contributed by atoms with Gasteiger partial charge in [0.05, 0.1) is 4.92 Å². The Hall–Kier alpha value is -1.66. The van der Waals surface area contributed by atoms with Crippen LogP contribution in [0.25, 0.3) is 0 Å². The Balaban J connectivity index is 0.00000180. The molecule has 1 aliphatic heterocycles. The van der Waals surface area contributed by atoms with Gasteiger partial charge in [-0.2, -0.15) is 0 Å². The second kappa shape index (κ2) is 5.99. The third-order valence-corrected chi connectivity index (χ3v) is 3.16. The number of nitrogens with two attached hydrogens (primary N) is 1. The van der Waals surface area contributed by atoms with Gasteiger partial charge in [-0.05, 0) is 19.4 Å². The number of halogens is 1. The van der Waals surface area contributed by atoms with Crippen molar-refractivity contribution in [1.82, 2.24) is 4.90 Å². The summed E-state index contributed by atoms with van der Waals surface area (Å²) in [4.78, 5) is 24.3. The van der Waals surface area contributed by atoms with E-state index < -0.39 is 4.92 Å². The van der Waals surface area contributed by atoms with Crippen molar-refractivity contribution in [2.24, 2.45) is 5.73 Å². The van der Waals surface area contributed by atoms with Gasteiger partial charge < -0.3 is 10.6 Å². The number of carbonyl (C=O) groups excluding carboxylic acids is 1. The number of hydrogen-bond donors (Lipinski definition) is 1. The second-order valence-corrected chi connectivity index (χ2v) is 4.53. The Morgan fingerprint density at radius 1 is 1.53 bits per heavy atom. The Kier molecular flexibility index (Phi) is 4.85. The molecule has 0 radical (unpaired) electrons. The molecule has 1 aromatic carbocycles. The Labute approximate surface area is 117 Å². The fourth-order valence-corrected chi connectivity index (χ4v) is 2.22. The van der Waals surface area contributed by atoms with Crippen molar-refractivity contribution in [2.45, 2.75) is 19.4 Å². The van der Waals surface area contributed by atoms with E-state index in [1.165, 1.54) is 6.07 Å². The summed E-state index contributed by atoms with van der Waals surface area (Å²) in [6.45, 7) is 2.65. The summed E-state index contributed by atoms with van der Waals surface area (Å²) in [7, 11) is 0. The standard InChI is InChI=1S/C12H15N3O3.ClH/c1-8-3-2-4-10(11(8)15(17)18)12(16)14-6-5-9(13)7-14;/h2-4,9H,5-7,13H2,1H3;1H. The molecule has 0 aliphatic carbocycles. The fraction of sp³-hybridized carbons (Fsp3) is 0.417. The summed E-state index contributed by atoms with van der Waals surface area (Å²) in [5, 5.41) is 11.0. The summed E-state index contributed by atoms with van der Waals surface area (Å²) in [5.74, 6) is -0.307. The van der Waals surface area contributed by atoms with Crippen molar-refractivity contribution >= 4 is 24.0 Å². The Morgan fingerprint density at radius 2 is 2.21 bits per heavy atom. The van der Waals surface area contributed by atoms with Crippen LogP contribution in [-0.4, -0.2) is 34.9 Å². The van der Waals surface area contributed by atoms with Crippen molar-refractivity contribution < 1.29 is 9.72 Å². The minimum Gasteiger partial charge on any atom is -0.337 e. The number of hydrogen-bond acceptors (Lipinski definition) is 4. The van der Waals surface area contributed by atoms with E-state index >= 15 is 0 Å². The molecule has 1 fully saturated rings. The van der Waals surface area contributed by atoms with Gasteiger partial charge in [0.25, 0.3) is 11.6 Å². The first-order chi connectivity index (χ1) is 8.50. The van der Waals surface area contributed by atoms with Crippen LogP contribution in [0.2, 0.25) is 0 Å². The van der Waals surface area contributed by atoms with E-state index in [0.29, 0.717) is 18.7 Å². The maximum Gasteiger partial charge on any atom is 0.285 e. The highest BCUT2D eigenvalue weighted by Crippen LogP contribution is 2.25. The SMILES string of the molecule is Cc1cccc(C(=O)N2CCC(N)C2)c1[N+](=O)[O-].Cl. The maximum absolute atomic E-state index is 12.2. The number of nitro benzene ring substituents is 1. The number of aryl methyl sites for hydroxylation is 1. The molecule has 0 saturated carbocycles. The minimum atomic E-state index is -0.501. The monoisotopic (exact) mass is 285 g/mol. The Bertz CT molecular complexity index is 507. The summed E-state index contributed by atoms with van der Waals surface area (Å²) in [6, 6.07) is 4.76. The molecule has 0 aromatic heterocycles. The minimum absolute atomic E-state index is 0. The molecular weight excluding hydrogens is 270 g/mol. The molecule has 0 spiro atoms. The topological polar surface area (TPSA) is 89.5 Å². The number of nitrogens with zero attached hydrogens (tertiary/aromatic N) is 2. The largest absolute Gasteiger partial charge is 0.337 e. The van der Waals surface area contributed by atoms with Crippen LogP contribution >= 0.6 is 12.4 Å². The normalized spacial score (nSPS) is 18.0. The Morgan fingerprint density at radius 3 is 2.74 bits per heavy atom. The van der Waals surface area contributed by atoms with Crippen LogP contribution in [0.1, 0.15) is 22.3 Å². The molecule has 1 heterocycles.